The van der Waals surface area contributed by atoms with Crippen LogP contribution in [0, 0.1) is 23.7 Å². The largest absolute Gasteiger partial charge is 0.472 e. The maximum atomic E-state index is 13.2. The summed E-state index contributed by atoms with van der Waals surface area (Å²) in [5, 5.41) is 10.7. The predicted molar refractivity (Wildman–Crippen MR) is 446 cm³/mol. The molecule has 0 amide bonds. The van der Waals surface area contributed by atoms with Gasteiger partial charge in [0.15, 0.2) is 12.2 Å². The van der Waals surface area contributed by atoms with Gasteiger partial charge in [-0.3, -0.25) is 37.3 Å². The van der Waals surface area contributed by atoms with E-state index in [2.05, 4.69) is 55.4 Å². The molecule has 0 aromatic rings. The van der Waals surface area contributed by atoms with Crippen LogP contribution in [0.5, 0.6) is 0 Å². The molecule has 642 valence electrons. The van der Waals surface area contributed by atoms with Gasteiger partial charge in [0, 0.05) is 25.7 Å². The molecule has 0 aromatic carbocycles. The average molecular weight is 1580 g/mol. The molecule has 0 heterocycles. The lowest BCUT2D eigenvalue weighted by Gasteiger charge is -2.21. The monoisotopic (exact) mass is 1580 g/mol. The first-order valence-corrected chi connectivity index (χ1v) is 48.7. The van der Waals surface area contributed by atoms with Crippen LogP contribution in [0.2, 0.25) is 0 Å². The minimum absolute atomic E-state index is 0.107. The molecule has 0 radical (unpaired) electrons. The molecule has 0 aromatic heterocycles. The molecule has 0 fully saturated rings. The van der Waals surface area contributed by atoms with Crippen LogP contribution in [-0.4, -0.2) is 96.7 Å². The second-order valence-corrected chi connectivity index (χ2v) is 36.8. The van der Waals surface area contributed by atoms with Crippen molar-refractivity contribution in [1.82, 2.24) is 0 Å². The summed E-state index contributed by atoms with van der Waals surface area (Å²) in [4.78, 5) is 73.3. The van der Waals surface area contributed by atoms with Gasteiger partial charge in [-0.15, -0.1) is 0 Å². The first-order chi connectivity index (χ1) is 52.1. The van der Waals surface area contributed by atoms with Gasteiger partial charge < -0.3 is 33.8 Å². The van der Waals surface area contributed by atoms with Crippen molar-refractivity contribution in [2.45, 2.75) is 485 Å². The van der Waals surface area contributed by atoms with E-state index >= 15 is 0 Å². The van der Waals surface area contributed by atoms with Crippen molar-refractivity contribution in [2.75, 3.05) is 39.6 Å². The van der Waals surface area contributed by atoms with E-state index < -0.39 is 97.5 Å². The first kappa shape index (κ1) is 106. The zero-order chi connectivity index (χ0) is 79.5. The van der Waals surface area contributed by atoms with Gasteiger partial charge in [0.05, 0.1) is 26.4 Å². The van der Waals surface area contributed by atoms with Crippen molar-refractivity contribution >= 4 is 39.5 Å². The van der Waals surface area contributed by atoms with Crippen molar-refractivity contribution in [2.24, 2.45) is 23.7 Å². The van der Waals surface area contributed by atoms with E-state index in [-0.39, 0.29) is 25.7 Å². The van der Waals surface area contributed by atoms with Crippen LogP contribution in [0.3, 0.4) is 0 Å². The highest BCUT2D eigenvalue weighted by molar-refractivity contribution is 7.47. The molecule has 0 aliphatic rings. The van der Waals surface area contributed by atoms with Crippen LogP contribution in [-0.2, 0) is 65.4 Å². The number of aliphatic hydroxyl groups excluding tert-OH is 1. The summed E-state index contributed by atoms with van der Waals surface area (Å²) in [5.74, 6) is 1.01. The number of phosphoric acid groups is 2. The minimum Gasteiger partial charge on any atom is -0.462 e. The number of esters is 4. The number of unbranched alkanes of at least 4 members (excludes halogenated alkanes) is 52. The maximum absolute atomic E-state index is 13.2. The second kappa shape index (κ2) is 77.6. The molecule has 3 N–H and O–H groups in total. The average Bonchev–Trinajstić information content (AvgIpc) is 0.905. The molecular formula is C89H174O17P2. The summed E-state index contributed by atoms with van der Waals surface area (Å²) in [6.45, 7) is 14.3. The van der Waals surface area contributed by atoms with Crippen LogP contribution in [0.25, 0.3) is 0 Å². The summed E-state index contributed by atoms with van der Waals surface area (Å²) < 4.78 is 68.9. The predicted octanol–water partition coefficient (Wildman–Crippen LogP) is 27.1. The van der Waals surface area contributed by atoms with Crippen LogP contribution in [0.15, 0.2) is 0 Å². The third kappa shape index (κ3) is 82.1. The van der Waals surface area contributed by atoms with Crippen LogP contribution in [0.4, 0.5) is 0 Å². The van der Waals surface area contributed by atoms with Crippen molar-refractivity contribution in [1.29, 1.82) is 0 Å². The first-order valence-electron chi connectivity index (χ1n) is 45.7. The number of ether oxygens (including phenoxy) is 4. The van der Waals surface area contributed by atoms with E-state index in [1.165, 1.54) is 263 Å². The Kier molecular flexibility index (Phi) is 76.2. The summed E-state index contributed by atoms with van der Waals surface area (Å²) in [6, 6.07) is 0. The van der Waals surface area contributed by atoms with E-state index in [4.69, 9.17) is 37.0 Å². The van der Waals surface area contributed by atoms with Gasteiger partial charge in [-0.1, -0.05) is 415 Å². The quantitative estimate of drug-likeness (QED) is 0.0222. The Labute approximate surface area is 664 Å². The lowest BCUT2D eigenvalue weighted by atomic mass is 10.0. The molecule has 0 rings (SSSR count). The molecule has 108 heavy (non-hydrogen) atoms. The maximum Gasteiger partial charge on any atom is 0.472 e. The number of phosphoric ester groups is 2. The van der Waals surface area contributed by atoms with Gasteiger partial charge in [-0.25, -0.2) is 9.13 Å². The number of hydrogen-bond acceptors (Lipinski definition) is 15. The fourth-order valence-corrected chi connectivity index (χ4v) is 15.4. The van der Waals surface area contributed by atoms with Crippen LogP contribution >= 0.6 is 15.6 Å². The molecule has 17 nitrogen and oxygen atoms in total. The highest BCUT2D eigenvalue weighted by Gasteiger charge is 2.31. The van der Waals surface area contributed by atoms with Crippen molar-refractivity contribution < 1.29 is 80.2 Å². The fourth-order valence-electron chi connectivity index (χ4n) is 13.8. The lowest BCUT2D eigenvalue weighted by Crippen LogP contribution is -2.30. The number of rotatable bonds is 86. The molecule has 0 spiro atoms. The summed E-state index contributed by atoms with van der Waals surface area (Å²) in [6.07, 6.45) is 68.3. The third-order valence-electron chi connectivity index (χ3n) is 20.8. The molecule has 3 unspecified atom stereocenters. The smallest absolute Gasteiger partial charge is 0.462 e. The summed E-state index contributed by atoms with van der Waals surface area (Å²) in [7, 11) is -9.93. The fraction of sp³-hybridized carbons (Fsp3) is 0.955. The zero-order valence-corrected chi connectivity index (χ0v) is 73.3. The van der Waals surface area contributed by atoms with Crippen LogP contribution < -0.4 is 0 Å². The molecule has 0 aliphatic heterocycles. The topological polar surface area (TPSA) is 237 Å². The van der Waals surface area contributed by atoms with Gasteiger partial charge >= 0.3 is 39.5 Å². The Morgan fingerprint density at radius 1 is 0.231 bits per heavy atom. The minimum atomic E-state index is -4.97. The highest BCUT2D eigenvalue weighted by Crippen LogP contribution is 2.45. The van der Waals surface area contributed by atoms with Gasteiger partial charge in [-0.05, 0) is 49.4 Å². The number of carbonyl (C=O) groups excluding carboxylic acids is 4. The normalized spacial score (nSPS) is 13.9. The van der Waals surface area contributed by atoms with Gasteiger partial charge in [0.2, 0.25) is 0 Å². The Balaban J connectivity index is 5.20. The Morgan fingerprint density at radius 3 is 0.574 bits per heavy atom. The second-order valence-electron chi connectivity index (χ2n) is 33.9. The Bertz CT molecular complexity index is 2090. The van der Waals surface area contributed by atoms with Crippen molar-refractivity contribution in [3.8, 4) is 0 Å². The van der Waals surface area contributed by atoms with Gasteiger partial charge in [-0.2, -0.15) is 0 Å². The number of aliphatic hydroxyl groups is 1. The van der Waals surface area contributed by atoms with Gasteiger partial charge in [0.1, 0.15) is 19.3 Å². The standard InChI is InChI=1S/C89H174O17P2/c1-79(2)65-57-49-41-35-29-23-17-11-9-10-12-20-26-32-38-44-53-61-69-86(91)99-75-84(105-88(93)71-63-55-45-39-33-27-21-15-13-18-24-30-36-42-50-58-66-80(3)4)77-103-107(95,96)101-73-83(90)74-102-108(97,98)104-78-85(76-100-87(92)70-62-54-48-47-52-60-68-82(7)8)106-89(94)72-64-56-46-40-34-28-22-16-14-19-25-31-37-43-51-59-67-81(5)6/h79-85,90H,9-78H2,1-8H3,(H,95,96)(H,97,98)/t83?,84-,85-/m1/s1. The lowest BCUT2D eigenvalue weighted by molar-refractivity contribution is -0.161. The van der Waals surface area contributed by atoms with E-state index in [1.54, 1.807) is 0 Å². The zero-order valence-electron chi connectivity index (χ0n) is 71.5. The third-order valence-corrected chi connectivity index (χ3v) is 22.7. The number of hydrogen-bond donors (Lipinski definition) is 3. The van der Waals surface area contributed by atoms with E-state index in [0.717, 1.165) is 114 Å². The SMILES string of the molecule is CC(C)CCCCCCCCCCCCCCCCCCCCC(=O)OC[C@H](COP(=O)(O)OCC(O)COP(=O)(O)OC[C@@H](COC(=O)CCCCCCCCC(C)C)OC(=O)CCCCCCCCCCCCCCCCCCC(C)C)OC(=O)CCCCCCCCCCCCCCCCCCC(C)C. The van der Waals surface area contributed by atoms with E-state index in [9.17, 15) is 43.2 Å². The summed E-state index contributed by atoms with van der Waals surface area (Å²) in [5.41, 5.74) is 0. The molecule has 0 bridgehead atoms. The van der Waals surface area contributed by atoms with E-state index in [1.807, 2.05) is 0 Å². The summed E-state index contributed by atoms with van der Waals surface area (Å²) >= 11 is 0. The molecule has 0 saturated carbocycles. The Morgan fingerprint density at radius 2 is 0.389 bits per heavy atom. The number of carbonyl (C=O) groups is 4. The highest BCUT2D eigenvalue weighted by atomic mass is 31.2. The van der Waals surface area contributed by atoms with Crippen molar-refractivity contribution in [3.63, 3.8) is 0 Å². The molecule has 5 atom stereocenters. The molecule has 0 saturated heterocycles. The van der Waals surface area contributed by atoms with Gasteiger partial charge in [0.25, 0.3) is 0 Å². The van der Waals surface area contributed by atoms with Crippen LogP contribution in [0.1, 0.15) is 466 Å². The Hall–Kier alpha value is -1.94. The molecule has 0 aliphatic carbocycles. The van der Waals surface area contributed by atoms with Crippen molar-refractivity contribution in [3.05, 3.63) is 0 Å². The molecular weight excluding hydrogens is 1400 g/mol. The molecule has 19 heteroatoms. The van der Waals surface area contributed by atoms with E-state index in [0.29, 0.717) is 31.6 Å².